The van der Waals surface area contributed by atoms with Crippen molar-refractivity contribution in [2.24, 2.45) is 0 Å². The van der Waals surface area contributed by atoms with Crippen LogP contribution in [0.5, 0.6) is 0 Å². The number of nitro benzene ring substituents is 1. The van der Waals surface area contributed by atoms with E-state index in [0.717, 1.165) is 5.56 Å². The molecule has 3 aromatic rings. The average Bonchev–Trinajstić information content (AvgIpc) is 2.84. The molecular weight excluding hydrogens is 246 g/mol. The van der Waals surface area contributed by atoms with Gasteiger partial charge in [0.25, 0.3) is 5.69 Å². The highest BCUT2D eigenvalue weighted by Gasteiger charge is 2.15. The fourth-order valence-electron chi connectivity index (χ4n) is 1.90. The van der Waals surface area contributed by atoms with Gasteiger partial charge in [-0.3, -0.25) is 15.1 Å². The molecule has 0 atom stereocenters. The van der Waals surface area contributed by atoms with Crippen molar-refractivity contribution >= 4 is 16.8 Å². The first-order chi connectivity index (χ1) is 9.15. The molecule has 0 amide bonds. The number of non-ortho nitro benzene ring substituents is 1. The highest BCUT2D eigenvalue weighted by molar-refractivity contribution is 5.81. The van der Waals surface area contributed by atoms with Gasteiger partial charge < -0.3 is 4.42 Å². The number of rotatable bonds is 2. The molecule has 0 unspecified atom stereocenters. The molecule has 0 fully saturated rings. The summed E-state index contributed by atoms with van der Waals surface area (Å²) in [6, 6.07) is 6.48. The highest BCUT2D eigenvalue weighted by Crippen LogP contribution is 2.29. The number of aromatic nitrogens is 2. The van der Waals surface area contributed by atoms with E-state index in [-0.39, 0.29) is 5.69 Å². The molecule has 2 heterocycles. The quantitative estimate of drug-likeness (QED) is 0.519. The summed E-state index contributed by atoms with van der Waals surface area (Å²) in [6.45, 7) is 1.76. The first-order valence-electron chi connectivity index (χ1n) is 5.61. The van der Waals surface area contributed by atoms with Crippen LogP contribution in [-0.2, 0) is 0 Å². The van der Waals surface area contributed by atoms with E-state index in [0.29, 0.717) is 22.6 Å². The van der Waals surface area contributed by atoms with Crippen molar-refractivity contribution < 1.29 is 9.34 Å². The fraction of sp³-hybridized carbons (Fsp3) is 0.0769. The third-order valence-electron chi connectivity index (χ3n) is 2.78. The largest absolute Gasteiger partial charge is 0.436 e. The Kier molecular flexibility index (Phi) is 2.49. The van der Waals surface area contributed by atoms with Gasteiger partial charge in [0.05, 0.1) is 10.5 Å². The summed E-state index contributed by atoms with van der Waals surface area (Å²) in [5.41, 5.74) is 2.47. The van der Waals surface area contributed by atoms with E-state index in [2.05, 4.69) is 9.97 Å². The lowest BCUT2D eigenvalue weighted by atomic mass is 10.2. The van der Waals surface area contributed by atoms with E-state index < -0.39 is 4.92 Å². The van der Waals surface area contributed by atoms with Gasteiger partial charge in [-0.15, -0.1) is 0 Å². The minimum atomic E-state index is -0.440. The molecule has 3 rings (SSSR count). The number of benzene rings is 1. The van der Waals surface area contributed by atoms with Gasteiger partial charge >= 0.3 is 0 Å². The van der Waals surface area contributed by atoms with Gasteiger partial charge in [-0.05, 0) is 19.1 Å². The van der Waals surface area contributed by atoms with Crippen molar-refractivity contribution in [1.82, 2.24) is 9.97 Å². The zero-order valence-corrected chi connectivity index (χ0v) is 10.0. The van der Waals surface area contributed by atoms with Crippen molar-refractivity contribution in [2.75, 3.05) is 0 Å². The molecule has 1 aromatic carbocycles. The van der Waals surface area contributed by atoms with Crippen LogP contribution in [0.3, 0.4) is 0 Å². The summed E-state index contributed by atoms with van der Waals surface area (Å²) in [7, 11) is 0. The Morgan fingerprint density at radius 2 is 2.21 bits per heavy atom. The van der Waals surface area contributed by atoms with Crippen molar-refractivity contribution in [3.05, 3.63) is 52.3 Å². The summed E-state index contributed by atoms with van der Waals surface area (Å²) >= 11 is 0. The molecule has 0 saturated heterocycles. The number of fused-ring (bicyclic) bond motifs is 1. The predicted octanol–water partition coefficient (Wildman–Crippen LogP) is 3.11. The molecular formula is C13H9N3O3. The van der Waals surface area contributed by atoms with Gasteiger partial charge in [-0.1, -0.05) is 0 Å². The Morgan fingerprint density at radius 3 is 2.89 bits per heavy atom. The minimum Gasteiger partial charge on any atom is -0.436 e. The van der Waals surface area contributed by atoms with Crippen LogP contribution in [0.25, 0.3) is 22.6 Å². The van der Waals surface area contributed by atoms with Crippen LogP contribution in [0.4, 0.5) is 5.69 Å². The SMILES string of the molecule is Cc1cc([N+](=O)[O-])cc2nc(-c3cccnc3)oc12. The maximum absolute atomic E-state index is 10.8. The van der Waals surface area contributed by atoms with Crippen molar-refractivity contribution in [3.63, 3.8) is 0 Å². The van der Waals surface area contributed by atoms with Crippen LogP contribution in [0.2, 0.25) is 0 Å². The molecule has 0 radical (unpaired) electrons. The Morgan fingerprint density at radius 1 is 1.37 bits per heavy atom. The molecule has 0 aliphatic rings. The van der Waals surface area contributed by atoms with Crippen molar-refractivity contribution in [3.8, 4) is 11.5 Å². The molecule has 2 aromatic heterocycles. The number of hydrogen-bond acceptors (Lipinski definition) is 5. The molecule has 6 heteroatoms. The molecule has 94 valence electrons. The Labute approximate surface area is 107 Å². The molecule has 0 N–H and O–H groups in total. The molecule has 0 saturated carbocycles. The standard InChI is InChI=1S/C13H9N3O3/c1-8-5-10(16(17)18)6-11-12(8)19-13(15-11)9-3-2-4-14-7-9/h2-7H,1H3. The summed E-state index contributed by atoms with van der Waals surface area (Å²) in [4.78, 5) is 18.6. The second kappa shape index (κ2) is 4.16. The molecule has 0 spiro atoms. The van der Waals surface area contributed by atoms with Crippen molar-refractivity contribution in [1.29, 1.82) is 0 Å². The first kappa shape index (κ1) is 11.3. The summed E-state index contributed by atoms with van der Waals surface area (Å²) < 4.78 is 5.65. The minimum absolute atomic E-state index is 0.0102. The number of hydrogen-bond donors (Lipinski definition) is 0. The van der Waals surface area contributed by atoms with E-state index >= 15 is 0 Å². The van der Waals surface area contributed by atoms with Crippen LogP contribution in [0.1, 0.15) is 5.56 Å². The maximum Gasteiger partial charge on any atom is 0.272 e. The van der Waals surface area contributed by atoms with Gasteiger partial charge in [0, 0.05) is 30.1 Å². The van der Waals surface area contributed by atoms with Gasteiger partial charge in [-0.25, -0.2) is 4.98 Å². The van der Waals surface area contributed by atoms with E-state index in [1.54, 1.807) is 25.4 Å². The topological polar surface area (TPSA) is 82.1 Å². The van der Waals surface area contributed by atoms with Crippen LogP contribution in [0, 0.1) is 17.0 Å². The van der Waals surface area contributed by atoms with Gasteiger partial charge in [-0.2, -0.15) is 0 Å². The molecule has 0 aliphatic carbocycles. The zero-order chi connectivity index (χ0) is 13.4. The molecule has 0 aliphatic heterocycles. The molecule has 0 bridgehead atoms. The molecule has 19 heavy (non-hydrogen) atoms. The lowest BCUT2D eigenvalue weighted by Gasteiger charge is -1.94. The van der Waals surface area contributed by atoms with Gasteiger partial charge in [0.15, 0.2) is 5.58 Å². The Bertz CT molecular complexity index is 765. The highest BCUT2D eigenvalue weighted by atomic mass is 16.6. The maximum atomic E-state index is 10.8. The van der Waals surface area contributed by atoms with Crippen LogP contribution < -0.4 is 0 Å². The third-order valence-corrected chi connectivity index (χ3v) is 2.78. The molecule has 6 nitrogen and oxygen atoms in total. The first-order valence-corrected chi connectivity index (χ1v) is 5.61. The predicted molar refractivity (Wildman–Crippen MR) is 68.6 cm³/mol. The number of oxazole rings is 1. The zero-order valence-electron chi connectivity index (χ0n) is 10.0. The normalized spacial score (nSPS) is 10.8. The van der Waals surface area contributed by atoms with Gasteiger partial charge in [0.1, 0.15) is 5.52 Å². The van der Waals surface area contributed by atoms with Crippen LogP contribution in [-0.4, -0.2) is 14.9 Å². The summed E-state index contributed by atoms with van der Waals surface area (Å²) in [5.74, 6) is 0.409. The number of pyridine rings is 1. The fourth-order valence-corrected chi connectivity index (χ4v) is 1.90. The third kappa shape index (κ3) is 1.93. The monoisotopic (exact) mass is 255 g/mol. The van der Waals surface area contributed by atoms with Crippen molar-refractivity contribution in [2.45, 2.75) is 6.92 Å². The second-order valence-electron chi connectivity index (χ2n) is 4.13. The summed E-state index contributed by atoms with van der Waals surface area (Å²) in [5, 5.41) is 10.8. The van der Waals surface area contributed by atoms with Crippen LogP contribution >= 0.6 is 0 Å². The van der Waals surface area contributed by atoms with E-state index in [1.165, 1.54) is 12.1 Å². The van der Waals surface area contributed by atoms with Crippen LogP contribution in [0.15, 0.2) is 41.1 Å². The lowest BCUT2D eigenvalue weighted by molar-refractivity contribution is -0.384. The number of nitro groups is 1. The average molecular weight is 255 g/mol. The van der Waals surface area contributed by atoms with E-state index in [4.69, 9.17) is 4.42 Å². The van der Waals surface area contributed by atoms with Gasteiger partial charge in [0.2, 0.25) is 5.89 Å². The van der Waals surface area contributed by atoms with E-state index in [9.17, 15) is 10.1 Å². The number of aryl methyl sites for hydroxylation is 1. The second-order valence-corrected chi connectivity index (χ2v) is 4.13. The van der Waals surface area contributed by atoms with E-state index in [1.807, 2.05) is 6.07 Å². The Balaban J connectivity index is 2.21. The smallest absolute Gasteiger partial charge is 0.272 e. The number of nitrogens with zero attached hydrogens (tertiary/aromatic N) is 3. The Hall–Kier alpha value is -2.76. The summed E-state index contributed by atoms with van der Waals surface area (Å²) in [6.07, 6.45) is 3.29. The lowest BCUT2D eigenvalue weighted by Crippen LogP contribution is -1.88.